The van der Waals surface area contributed by atoms with Crippen LogP contribution in [-0.2, 0) is 11.2 Å². The Hall–Kier alpha value is -2.91. The Kier molecular flexibility index (Phi) is 15.4. The molecule has 1 aromatic rings. The second kappa shape index (κ2) is 19.2. The van der Waals surface area contributed by atoms with Gasteiger partial charge in [0, 0.05) is 30.4 Å². The molecule has 51 heavy (non-hydrogen) atoms. The number of allylic oxidation sites excluding steroid dienone is 9. The highest BCUT2D eigenvalue weighted by Crippen LogP contribution is 2.67. The molecule has 0 heterocycles. The average molecular weight is 701 g/mol. The molecular weight excluding hydrogens is 636 g/mol. The molecule has 1 aromatic carbocycles. The monoisotopic (exact) mass is 700 g/mol. The third-order valence-corrected chi connectivity index (χ3v) is 12.0. The van der Waals surface area contributed by atoms with Crippen molar-refractivity contribution >= 4 is 6.29 Å². The van der Waals surface area contributed by atoms with Crippen LogP contribution in [0.1, 0.15) is 77.7 Å². The van der Waals surface area contributed by atoms with Crippen molar-refractivity contribution in [3.63, 3.8) is 0 Å². The van der Waals surface area contributed by atoms with Crippen LogP contribution in [0.3, 0.4) is 0 Å². The molecule has 3 aliphatic carbocycles. The fourth-order valence-corrected chi connectivity index (χ4v) is 9.45. The molecule has 7 nitrogen and oxygen atoms in total. The van der Waals surface area contributed by atoms with E-state index in [9.17, 15) is 25.2 Å². The number of rotatable bonds is 19. The van der Waals surface area contributed by atoms with Crippen LogP contribution in [0, 0.1) is 29.1 Å². The summed E-state index contributed by atoms with van der Waals surface area (Å²) in [5.74, 6) is -0.972. The van der Waals surface area contributed by atoms with Gasteiger partial charge in [-0.15, -0.1) is 0 Å². The zero-order valence-electron chi connectivity index (χ0n) is 31.5. The number of aldehydes is 1. The van der Waals surface area contributed by atoms with E-state index in [1.54, 1.807) is 0 Å². The van der Waals surface area contributed by atoms with Gasteiger partial charge in [0.1, 0.15) is 6.29 Å². The van der Waals surface area contributed by atoms with E-state index >= 15 is 0 Å². The minimum Gasteiger partial charge on any atom is -0.396 e. The van der Waals surface area contributed by atoms with E-state index in [1.807, 2.05) is 50.4 Å². The maximum atomic E-state index is 12.9. The van der Waals surface area contributed by atoms with Gasteiger partial charge in [-0.2, -0.15) is 0 Å². The molecule has 0 aromatic heterocycles. The smallest absolute Gasteiger partial charge is 0.145 e. The van der Waals surface area contributed by atoms with Crippen molar-refractivity contribution in [1.29, 1.82) is 0 Å². The number of aryl methyl sites for hydroxylation is 1. The molecule has 0 unspecified atom stereocenters. The number of likely N-dealkylation sites (N-methyl/N-ethyl adjacent to an activating group) is 1. The quantitative estimate of drug-likeness (QED) is 0.0442. The topological polar surface area (TPSA) is 122 Å². The number of aliphatic hydroxyl groups excluding tert-OH is 3. The lowest BCUT2D eigenvalue weighted by molar-refractivity contribution is -0.194. The maximum absolute atomic E-state index is 12.9. The van der Waals surface area contributed by atoms with Gasteiger partial charge in [0.25, 0.3) is 0 Å². The van der Waals surface area contributed by atoms with Crippen molar-refractivity contribution in [2.45, 2.75) is 96.4 Å². The number of aliphatic hydroxyl groups is 4. The first kappa shape index (κ1) is 40.9. The molecular formula is C44H64N2O5. The third kappa shape index (κ3) is 9.37. The first-order valence-electron chi connectivity index (χ1n) is 19.2. The van der Waals surface area contributed by atoms with Crippen molar-refractivity contribution in [2.24, 2.45) is 29.1 Å². The van der Waals surface area contributed by atoms with Gasteiger partial charge in [-0.1, -0.05) is 97.0 Å². The predicted molar refractivity (Wildman–Crippen MR) is 208 cm³/mol. The second-order valence-electron chi connectivity index (χ2n) is 15.2. The van der Waals surface area contributed by atoms with Crippen LogP contribution < -0.4 is 10.6 Å². The van der Waals surface area contributed by atoms with E-state index in [0.29, 0.717) is 57.1 Å². The summed E-state index contributed by atoms with van der Waals surface area (Å²) in [5, 5.41) is 54.4. The molecule has 8 atom stereocenters. The standard InChI is InChI=1S/C44H64N2O5/c1-6-46-29-32(3)14-10-12-31(2)13-11-17-37(39(49)21-18-34-15-8-7-9-16-34)38-22-24-44(42(38)50)41-35(23-27-47)19-20-36(40(41)33(4)30-48)28-43(44,51)25-26-45-5/h7-9,11,13-17,19-20,30,35-36,38-39,41-42,45-47,49-51H,2,6,10,12,18,21-29H2,1,3-5H3/t35-,36-,38+,39+,41+,42+,43+,44+/m0/s1. The molecule has 2 saturated carbocycles. The molecule has 2 bridgehead atoms. The number of hydrogen-bond acceptors (Lipinski definition) is 7. The number of hydrogen-bond donors (Lipinski definition) is 6. The number of carbonyl (C=O) groups excluding carboxylic acids is 1. The molecule has 0 saturated heterocycles. The Labute approximate surface area is 307 Å². The van der Waals surface area contributed by atoms with Crippen LogP contribution in [0.2, 0.25) is 0 Å². The molecule has 2 fully saturated rings. The summed E-state index contributed by atoms with van der Waals surface area (Å²) >= 11 is 0. The van der Waals surface area contributed by atoms with Crippen LogP contribution in [0.15, 0.2) is 101 Å². The molecule has 280 valence electrons. The van der Waals surface area contributed by atoms with Crippen LogP contribution in [0.25, 0.3) is 0 Å². The Morgan fingerprint density at radius 2 is 1.94 bits per heavy atom. The van der Waals surface area contributed by atoms with Gasteiger partial charge < -0.3 is 31.1 Å². The Bertz CT molecular complexity index is 1460. The van der Waals surface area contributed by atoms with Gasteiger partial charge >= 0.3 is 0 Å². The van der Waals surface area contributed by atoms with E-state index in [1.165, 1.54) is 5.57 Å². The van der Waals surface area contributed by atoms with Gasteiger partial charge in [0.2, 0.25) is 0 Å². The van der Waals surface area contributed by atoms with Gasteiger partial charge in [0.15, 0.2) is 0 Å². The molecule has 0 aliphatic heterocycles. The predicted octanol–water partition coefficient (Wildman–Crippen LogP) is 6.17. The molecule has 3 aliphatic rings. The summed E-state index contributed by atoms with van der Waals surface area (Å²) < 4.78 is 0. The Morgan fingerprint density at radius 3 is 2.63 bits per heavy atom. The van der Waals surface area contributed by atoms with Crippen molar-refractivity contribution in [3.8, 4) is 0 Å². The minimum atomic E-state index is -1.23. The van der Waals surface area contributed by atoms with Crippen molar-refractivity contribution in [2.75, 3.05) is 33.3 Å². The van der Waals surface area contributed by atoms with E-state index in [2.05, 4.69) is 61.4 Å². The summed E-state index contributed by atoms with van der Waals surface area (Å²) in [5.41, 5.74) is 3.63. The summed E-state index contributed by atoms with van der Waals surface area (Å²) in [6, 6.07) is 10.1. The highest BCUT2D eigenvalue weighted by atomic mass is 16.3. The number of fused-ring (bicyclic) bond motifs is 3. The SMILES string of the molecule is C=C(C=CC=C([C@H](O)CCc1ccccc1)[C@H]1CC[C@]2([C@@H]1O)[C@H]1C(=C(C)C=O)[C@@H](C=C[C@H]1CCO)C[C@]2(O)CCNC)CCC=C(C)CNCC. The van der Waals surface area contributed by atoms with E-state index < -0.39 is 29.1 Å². The van der Waals surface area contributed by atoms with Gasteiger partial charge in [-0.05, 0) is 120 Å². The van der Waals surface area contributed by atoms with Crippen LogP contribution in [0.5, 0.6) is 0 Å². The van der Waals surface area contributed by atoms with Crippen LogP contribution in [-0.4, -0.2) is 77.8 Å². The van der Waals surface area contributed by atoms with Gasteiger partial charge in [-0.3, -0.25) is 4.79 Å². The van der Waals surface area contributed by atoms with Crippen molar-refractivity contribution in [3.05, 3.63) is 107 Å². The van der Waals surface area contributed by atoms with Gasteiger partial charge in [-0.25, -0.2) is 0 Å². The first-order chi connectivity index (χ1) is 24.6. The van der Waals surface area contributed by atoms with Crippen molar-refractivity contribution in [1.82, 2.24) is 10.6 Å². The fourth-order valence-electron chi connectivity index (χ4n) is 9.45. The molecule has 0 radical (unpaired) electrons. The maximum Gasteiger partial charge on any atom is 0.145 e. The Balaban J connectivity index is 1.72. The lowest BCUT2D eigenvalue weighted by atomic mass is 9.45. The normalized spacial score (nSPS) is 31.0. The van der Waals surface area contributed by atoms with E-state index in [0.717, 1.165) is 54.5 Å². The lowest BCUT2D eigenvalue weighted by Gasteiger charge is -2.61. The lowest BCUT2D eigenvalue weighted by Crippen LogP contribution is -2.65. The van der Waals surface area contributed by atoms with E-state index in [4.69, 9.17) is 0 Å². The van der Waals surface area contributed by atoms with Crippen LogP contribution >= 0.6 is 0 Å². The summed E-state index contributed by atoms with van der Waals surface area (Å²) in [6.07, 6.45) is 16.9. The molecule has 7 heteroatoms. The van der Waals surface area contributed by atoms with Crippen LogP contribution in [0.4, 0.5) is 0 Å². The van der Waals surface area contributed by atoms with E-state index in [-0.39, 0.29) is 24.4 Å². The Morgan fingerprint density at radius 1 is 1.18 bits per heavy atom. The van der Waals surface area contributed by atoms with Crippen molar-refractivity contribution < 1.29 is 25.2 Å². The zero-order valence-corrected chi connectivity index (χ0v) is 31.5. The molecule has 4 rings (SSSR count). The number of carbonyl (C=O) groups is 1. The molecule has 6 N–H and O–H groups in total. The number of nitrogens with one attached hydrogen (secondary N) is 2. The summed E-state index contributed by atoms with van der Waals surface area (Å²) in [7, 11) is 1.87. The first-order valence-corrected chi connectivity index (χ1v) is 19.2. The second-order valence-corrected chi connectivity index (χ2v) is 15.2. The third-order valence-electron chi connectivity index (χ3n) is 12.0. The largest absolute Gasteiger partial charge is 0.396 e. The molecule has 0 amide bonds. The fraction of sp³-hybridized carbons (Fsp3) is 0.568. The highest BCUT2D eigenvalue weighted by molar-refractivity contribution is 5.74. The minimum absolute atomic E-state index is 0.0306. The van der Waals surface area contributed by atoms with Gasteiger partial charge in [0.05, 0.1) is 17.8 Å². The average Bonchev–Trinajstić information content (AvgIpc) is 3.47. The zero-order chi connectivity index (χ0) is 37.0. The number of benzene rings is 1. The highest BCUT2D eigenvalue weighted by Gasteiger charge is 2.68. The summed E-state index contributed by atoms with van der Waals surface area (Å²) in [4.78, 5) is 12.4. The summed E-state index contributed by atoms with van der Waals surface area (Å²) in [6.45, 7) is 12.7. The molecule has 1 spiro atoms.